The molecule has 0 radical (unpaired) electrons. The number of thioether (sulfide) groups is 1. The van der Waals surface area contributed by atoms with Gasteiger partial charge >= 0.3 is 0 Å². The van der Waals surface area contributed by atoms with Crippen LogP contribution in [0.15, 0.2) is 34.0 Å². The molecule has 3 aromatic rings. The Morgan fingerprint density at radius 3 is 2.46 bits per heavy atom. The topological polar surface area (TPSA) is 60.9 Å². The van der Waals surface area contributed by atoms with Gasteiger partial charge in [-0.1, -0.05) is 17.8 Å². The Kier molecular flexibility index (Phi) is 5.05. The van der Waals surface area contributed by atoms with Crippen molar-refractivity contribution in [1.82, 2.24) is 14.8 Å². The summed E-state index contributed by atoms with van der Waals surface area (Å²) in [6, 6.07) is 5.93. The fourth-order valence-electron chi connectivity index (χ4n) is 2.93. The van der Waals surface area contributed by atoms with Crippen LogP contribution in [0, 0.1) is 27.7 Å². The van der Waals surface area contributed by atoms with Gasteiger partial charge in [0.15, 0.2) is 16.8 Å². The second-order valence-corrected chi connectivity index (χ2v) is 7.94. The zero-order chi connectivity index (χ0) is 19.0. The highest BCUT2D eigenvalue weighted by atomic mass is 32.2. The molecule has 0 N–H and O–H groups in total. The van der Waals surface area contributed by atoms with E-state index in [1.807, 2.05) is 51.4 Å². The highest BCUT2D eigenvalue weighted by Gasteiger charge is 2.23. The Labute approximate surface area is 157 Å². The van der Waals surface area contributed by atoms with Gasteiger partial charge in [-0.3, -0.25) is 4.79 Å². The smallest absolute Gasteiger partial charge is 0.191 e. The van der Waals surface area contributed by atoms with Crippen molar-refractivity contribution in [3.63, 3.8) is 0 Å². The highest BCUT2D eigenvalue weighted by Crippen LogP contribution is 2.29. The Morgan fingerprint density at radius 1 is 1.12 bits per heavy atom. The molecule has 26 heavy (non-hydrogen) atoms. The Morgan fingerprint density at radius 2 is 1.81 bits per heavy atom. The van der Waals surface area contributed by atoms with Crippen molar-refractivity contribution < 1.29 is 9.21 Å². The molecule has 0 saturated carbocycles. The third-order valence-electron chi connectivity index (χ3n) is 4.69. The summed E-state index contributed by atoms with van der Waals surface area (Å²) in [5, 5.41) is 8.99. The van der Waals surface area contributed by atoms with Crippen LogP contribution >= 0.6 is 11.8 Å². The molecule has 0 fully saturated rings. The van der Waals surface area contributed by atoms with Crippen LogP contribution < -0.4 is 0 Å². The predicted octanol–water partition coefficient (Wildman–Crippen LogP) is 4.67. The highest BCUT2D eigenvalue weighted by molar-refractivity contribution is 8.00. The van der Waals surface area contributed by atoms with E-state index < -0.39 is 0 Å². The second kappa shape index (κ2) is 7.11. The average Bonchev–Trinajstić information content (AvgIpc) is 3.16. The number of aryl methyl sites for hydroxylation is 4. The monoisotopic (exact) mass is 369 g/mol. The van der Waals surface area contributed by atoms with Crippen molar-refractivity contribution in [3.8, 4) is 11.4 Å². The Bertz CT molecular complexity index is 972. The van der Waals surface area contributed by atoms with Gasteiger partial charge in [0.25, 0.3) is 0 Å². The molecule has 0 bridgehead atoms. The maximum atomic E-state index is 12.9. The summed E-state index contributed by atoms with van der Waals surface area (Å²) in [6.07, 6.45) is 1.64. The van der Waals surface area contributed by atoms with Crippen LogP contribution in [-0.4, -0.2) is 25.8 Å². The first-order valence-corrected chi connectivity index (χ1v) is 9.40. The summed E-state index contributed by atoms with van der Waals surface area (Å²) in [5.41, 5.74) is 5.04. The molecule has 1 aromatic carbocycles. The Hall–Kier alpha value is -2.34. The van der Waals surface area contributed by atoms with Gasteiger partial charge in [-0.05, 0) is 63.4 Å². The van der Waals surface area contributed by atoms with E-state index in [4.69, 9.17) is 4.42 Å². The van der Waals surface area contributed by atoms with Crippen LogP contribution in [0.2, 0.25) is 0 Å². The largest absolute Gasteiger partial charge is 0.469 e. The van der Waals surface area contributed by atoms with E-state index in [0.29, 0.717) is 5.16 Å². The third-order valence-corrected chi connectivity index (χ3v) is 5.83. The number of hydrogen-bond acceptors (Lipinski definition) is 5. The fourth-order valence-corrected chi connectivity index (χ4v) is 3.81. The minimum absolute atomic E-state index is 0.111. The van der Waals surface area contributed by atoms with Crippen molar-refractivity contribution in [2.45, 2.75) is 45.0 Å². The van der Waals surface area contributed by atoms with Gasteiger partial charge in [-0.2, -0.15) is 0 Å². The van der Waals surface area contributed by atoms with Gasteiger partial charge < -0.3 is 8.98 Å². The molecule has 0 saturated heterocycles. The van der Waals surface area contributed by atoms with Crippen LogP contribution in [0.3, 0.4) is 0 Å². The molecule has 0 amide bonds. The molecule has 0 aliphatic rings. The molecule has 1 atom stereocenters. The molecule has 5 nitrogen and oxygen atoms in total. The van der Waals surface area contributed by atoms with Crippen molar-refractivity contribution >= 4 is 17.5 Å². The fraction of sp³-hybridized carbons (Fsp3) is 0.350. The normalized spacial score (nSPS) is 12.4. The van der Waals surface area contributed by atoms with E-state index in [-0.39, 0.29) is 11.0 Å². The van der Waals surface area contributed by atoms with Crippen LogP contribution in [-0.2, 0) is 7.05 Å². The maximum Gasteiger partial charge on any atom is 0.191 e. The number of nitrogens with zero attached hydrogens (tertiary/aromatic N) is 3. The standard InChI is InChI=1S/C20H23N3O2S/c1-11-9-13(3)17(10-12(11)2)18(24)15(5)26-20-22-21-19(23(20)6)16-7-8-25-14(16)4/h7-10,15H,1-6H3/t15-/m0/s1. The average molecular weight is 369 g/mol. The molecule has 0 unspecified atom stereocenters. The SMILES string of the molecule is Cc1cc(C)c(C(=O)[C@H](C)Sc2nnc(-c3ccoc3C)n2C)cc1C. The van der Waals surface area contributed by atoms with Gasteiger partial charge in [0.2, 0.25) is 0 Å². The van der Waals surface area contributed by atoms with Crippen molar-refractivity contribution in [2.24, 2.45) is 7.05 Å². The van der Waals surface area contributed by atoms with E-state index in [1.54, 1.807) is 6.26 Å². The molecule has 0 spiro atoms. The summed E-state index contributed by atoms with van der Waals surface area (Å²) < 4.78 is 7.25. The van der Waals surface area contributed by atoms with Crippen LogP contribution in [0.4, 0.5) is 0 Å². The minimum atomic E-state index is -0.253. The van der Waals surface area contributed by atoms with Gasteiger partial charge in [0.1, 0.15) is 5.76 Å². The van der Waals surface area contributed by atoms with Crippen molar-refractivity contribution in [1.29, 1.82) is 0 Å². The van der Waals surface area contributed by atoms with Crippen molar-refractivity contribution in [2.75, 3.05) is 0 Å². The van der Waals surface area contributed by atoms with E-state index in [1.165, 1.54) is 17.3 Å². The molecule has 136 valence electrons. The number of furan rings is 1. The summed E-state index contributed by atoms with van der Waals surface area (Å²) in [7, 11) is 1.91. The quantitative estimate of drug-likeness (QED) is 0.483. The van der Waals surface area contributed by atoms with Gasteiger partial charge in [-0.15, -0.1) is 10.2 Å². The number of hydrogen-bond donors (Lipinski definition) is 0. The maximum absolute atomic E-state index is 12.9. The van der Waals surface area contributed by atoms with E-state index >= 15 is 0 Å². The summed E-state index contributed by atoms with van der Waals surface area (Å²) in [5.74, 6) is 1.65. The summed E-state index contributed by atoms with van der Waals surface area (Å²) in [4.78, 5) is 12.9. The summed E-state index contributed by atoms with van der Waals surface area (Å²) >= 11 is 1.43. The first-order chi connectivity index (χ1) is 12.3. The molecule has 0 aliphatic carbocycles. The number of carbonyl (C=O) groups is 1. The molecule has 2 heterocycles. The third kappa shape index (κ3) is 3.33. The lowest BCUT2D eigenvalue weighted by molar-refractivity contribution is 0.0993. The molecule has 6 heteroatoms. The van der Waals surface area contributed by atoms with E-state index in [0.717, 1.165) is 33.8 Å². The Balaban J connectivity index is 1.84. The first-order valence-electron chi connectivity index (χ1n) is 8.52. The molecule has 3 rings (SSSR count). The molecule has 2 aromatic heterocycles. The van der Waals surface area contributed by atoms with E-state index in [2.05, 4.69) is 23.2 Å². The number of carbonyl (C=O) groups excluding carboxylic acids is 1. The number of benzene rings is 1. The van der Waals surface area contributed by atoms with Crippen LogP contribution in [0.1, 0.15) is 39.7 Å². The predicted molar refractivity (Wildman–Crippen MR) is 104 cm³/mol. The first kappa shape index (κ1) is 18.5. The van der Waals surface area contributed by atoms with Crippen LogP contribution in [0.5, 0.6) is 0 Å². The number of Topliss-reactive ketones (excluding diaryl/α,β-unsaturated/α-hetero) is 1. The van der Waals surface area contributed by atoms with Gasteiger partial charge in [0.05, 0.1) is 17.1 Å². The van der Waals surface area contributed by atoms with E-state index in [9.17, 15) is 4.79 Å². The molecular weight excluding hydrogens is 346 g/mol. The minimum Gasteiger partial charge on any atom is -0.469 e. The summed E-state index contributed by atoms with van der Waals surface area (Å²) in [6.45, 7) is 9.89. The number of rotatable bonds is 5. The number of ketones is 1. The molecule has 0 aliphatic heterocycles. The zero-order valence-corrected chi connectivity index (χ0v) is 16.8. The second-order valence-electron chi connectivity index (χ2n) is 6.63. The number of aromatic nitrogens is 3. The van der Waals surface area contributed by atoms with Gasteiger partial charge in [0, 0.05) is 12.6 Å². The lowest BCUT2D eigenvalue weighted by Crippen LogP contribution is -2.16. The lowest BCUT2D eigenvalue weighted by Gasteiger charge is -2.13. The van der Waals surface area contributed by atoms with Crippen molar-refractivity contribution in [3.05, 3.63) is 52.5 Å². The van der Waals surface area contributed by atoms with Crippen LogP contribution in [0.25, 0.3) is 11.4 Å². The van der Waals surface area contributed by atoms with Gasteiger partial charge in [-0.25, -0.2) is 0 Å². The lowest BCUT2D eigenvalue weighted by atomic mass is 9.97. The molecular formula is C20H23N3O2S. The zero-order valence-electron chi connectivity index (χ0n) is 16.0.